The van der Waals surface area contributed by atoms with Gasteiger partial charge in [0.05, 0.1) is 11.7 Å². The molecule has 0 radical (unpaired) electrons. The molecule has 1 aromatic rings. The van der Waals surface area contributed by atoms with Gasteiger partial charge in [0.25, 0.3) is 5.91 Å². The lowest BCUT2D eigenvalue weighted by Gasteiger charge is -2.27. The molecule has 4 nitrogen and oxygen atoms in total. The summed E-state index contributed by atoms with van der Waals surface area (Å²) in [5.74, 6) is -0.500. The molecular formula is C9H10Cl2N2O2. The van der Waals surface area contributed by atoms with E-state index in [9.17, 15) is 10.0 Å². The number of rotatable bonds is 0. The van der Waals surface area contributed by atoms with Crippen LogP contribution in [-0.4, -0.2) is 17.2 Å². The van der Waals surface area contributed by atoms with Crippen LogP contribution in [0.3, 0.4) is 0 Å². The van der Waals surface area contributed by atoms with Crippen LogP contribution in [-0.2, 0) is 11.2 Å². The van der Waals surface area contributed by atoms with Crippen LogP contribution in [0, 0.1) is 0 Å². The van der Waals surface area contributed by atoms with Crippen molar-refractivity contribution in [1.82, 2.24) is 0 Å². The predicted octanol–water partition coefficient (Wildman–Crippen LogP) is 1.37. The highest BCUT2D eigenvalue weighted by Gasteiger charge is 2.29. The second kappa shape index (κ2) is 4.37. The van der Waals surface area contributed by atoms with Gasteiger partial charge in [0.15, 0.2) is 0 Å². The predicted molar refractivity (Wildman–Crippen MR) is 59.7 cm³/mol. The number of nitrogens with zero attached hydrogens (tertiary/aromatic N) is 1. The number of carbonyl (C=O) groups excluding carboxylic acids is 1. The number of amides is 1. The number of hydrogen-bond acceptors (Lipinski definition) is 3. The van der Waals surface area contributed by atoms with Crippen molar-refractivity contribution in [3.8, 4) is 0 Å². The monoisotopic (exact) mass is 248 g/mol. The zero-order chi connectivity index (χ0) is 10.3. The van der Waals surface area contributed by atoms with E-state index in [-0.39, 0.29) is 12.4 Å². The van der Waals surface area contributed by atoms with E-state index in [4.69, 9.17) is 17.3 Å². The number of benzene rings is 1. The molecular weight excluding hydrogens is 239 g/mol. The van der Waals surface area contributed by atoms with Gasteiger partial charge >= 0.3 is 0 Å². The van der Waals surface area contributed by atoms with Crippen molar-refractivity contribution in [2.75, 3.05) is 5.06 Å². The van der Waals surface area contributed by atoms with E-state index in [0.717, 1.165) is 5.56 Å². The van der Waals surface area contributed by atoms with Crippen LogP contribution < -0.4 is 10.8 Å². The Balaban J connectivity index is 0.00000112. The molecule has 1 aromatic carbocycles. The summed E-state index contributed by atoms with van der Waals surface area (Å²) in [6.45, 7) is 0. The Morgan fingerprint density at radius 3 is 2.87 bits per heavy atom. The minimum atomic E-state index is -0.673. The van der Waals surface area contributed by atoms with Gasteiger partial charge in [0, 0.05) is 5.02 Å². The van der Waals surface area contributed by atoms with Crippen molar-refractivity contribution >= 4 is 35.6 Å². The minimum Gasteiger partial charge on any atom is -0.320 e. The first-order chi connectivity index (χ1) is 6.59. The molecule has 1 amide bonds. The summed E-state index contributed by atoms with van der Waals surface area (Å²) in [5.41, 5.74) is 6.78. The number of carbonyl (C=O) groups is 1. The summed E-state index contributed by atoms with van der Waals surface area (Å²) in [6, 6.07) is 4.33. The fourth-order valence-electron chi connectivity index (χ4n) is 1.51. The highest BCUT2D eigenvalue weighted by molar-refractivity contribution is 6.31. The van der Waals surface area contributed by atoms with E-state index in [1.54, 1.807) is 18.2 Å². The Morgan fingerprint density at radius 1 is 1.53 bits per heavy atom. The summed E-state index contributed by atoms with van der Waals surface area (Å²) < 4.78 is 0. The van der Waals surface area contributed by atoms with Crippen LogP contribution in [0.4, 0.5) is 5.69 Å². The molecule has 0 fully saturated rings. The number of anilines is 1. The molecule has 0 aliphatic carbocycles. The second-order valence-electron chi connectivity index (χ2n) is 3.23. The Morgan fingerprint density at radius 2 is 2.20 bits per heavy atom. The van der Waals surface area contributed by atoms with Gasteiger partial charge in [-0.3, -0.25) is 10.0 Å². The zero-order valence-electron chi connectivity index (χ0n) is 7.68. The Bertz CT molecular complexity index is 398. The first kappa shape index (κ1) is 12.3. The molecule has 1 aliphatic rings. The lowest BCUT2D eigenvalue weighted by molar-refractivity contribution is -0.125. The average Bonchev–Trinajstić information content (AvgIpc) is 2.16. The third kappa shape index (κ3) is 2.08. The smallest absolute Gasteiger partial charge is 0.267 e. The summed E-state index contributed by atoms with van der Waals surface area (Å²) >= 11 is 5.75. The van der Waals surface area contributed by atoms with Gasteiger partial charge < -0.3 is 5.73 Å². The van der Waals surface area contributed by atoms with Gasteiger partial charge in [0.2, 0.25) is 0 Å². The fraction of sp³-hybridized carbons (Fsp3) is 0.222. The summed E-state index contributed by atoms with van der Waals surface area (Å²) in [7, 11) is 0. The van der Waals surface area contributed by atoms with Gasteiger partial charge in [-0.2, -0.15) is 5.06 Å². The first-order valence-corrected chi connectivity index (χ1v) is 4.54. The molecule has 15 heavy (non-hydrogen) atoms. The van der Waals surface area contributed by atoms with Gasteiger partial charge in [-0.25, -0.2) is 0 Å². The van der Waals surface area contributed by atoms with E-state index in [1.165, 1.54) is 0 Å². The van der Waals surface area contributed by atoms with Crippen molar-refractivity contribution in [2.45, 2.75) is 12.5 Å². The van der Waals surface area contributed by atoms with Crippen LogP contribution in [0.1, 0.15) is 5.56 Å². The summed E-state index contributed by atoms with van der Waals surface area (Å²) in [5, 5.41) is 10.5. The maximum Gasteiger partial charge on any atom is 0.267 e. The third-order valence-electron chi connectivity index (χ3n) is 2.24. The third-order valence-corrected chi connectivity index (χ3v) is 2.48. The number of hydroxylamine groups is 1. The van der Waals surface area contributed by atoms with Gasteiger partial charge in [-0.1, -0.05) is 17.7 Å². The molecule has 3 N–H and O–H groups in total. The van der Waals surface area contributed by atoms with Crippen LogP contribution >= 0.6 is 24.0 Å². The number of fused-ring (bicyclic) bond motifs is 1. The average molecular weight is 249 g/mol. The molecule has 0 bridgehead atoms. The SMILES string of the molecule is Cl.NC1Cc2ccc(Cl)cc2N(O)C1=O. The number of nitrogens with two attached hydrogens (primary N) is 1. The molecule has 1 unspecified atom stereocenters. The van der Waals surface area contributed by atoms with E-state index >= 15 is 0 Å². The van der Waals surface area contributed by atoms with Gasteiger partial charge in [-0.05, 0) is 24.1 Å². The molecule has 1 atom stereocenters. The van der Waals surface area contributed by atoms with Crippen molar-refractivity contribution in [1.29, 1.82) is 0 Å². The van der Waals surface area contributed by atoms with Crippen molar-refractivity contribution in [3.63, 3.8) is 0 Å². The topological polar surface area (TPSA) is 66.6 Å². The van der Waals surface area contributed by atoms with Gasteiger partial charge in [0.1, 0.15) is 0 Å². The van der Waals surface area contributed by atoms with Crippen LogP contribution in [0.25, 0.3) is 0 Å². The first-order valence-electron chi connectivity index (χ1n) is 4.16. The standard InChI is InChI=1S/C9H9ClN2O2.ClH/c10-6-2-1-5-3-7(11)9(13)12(14)8(5)4-6;/h1-2,4,7,14H,3,11H2;1H. The highest BCUT2D eigenvalue weighted by Crippen LogP contribution is 2.28. The maximum atomic E-state index is 11.3. The molecule has 0 saturated carbocycles. The molecule has 0 spiro atoms. The van der Waals surface area contributed by atoms with Crippen molar-refractivity contribution in [2.24, 2.45) is 5.73 Å². The zero-order valence-corrected chi connectivity index (χ0v) is 9.26. The van der Waals surface area contributed by atoms with Crippen LogP contribution in [0.2, 0.25) is 5.02 Å². The number of halogens is 2. The molecule has 1 heterocycles. The summed E-state index contributed by atoms with van der Waals surface area (Å²) in [4.78, 5) is 11.3. The number of hydrogen-bond donors (Lipinski definition) is 2. The lowest BCUT2D eigenvalue weighted by Crippen LogP contribution is -2.47. The second-order valence-corrected chi connectivity index (χ2v) is 3.67. The maximum absolute atomic E-state index is 11.3. The van der Waals surface area contributed by atoms with E-state index in [1.807, 2.05) is 0 Å². The molecule has 82 valence electrons. The van der Waals surface area contributed by atoms with Gasteiger partial charge in [-0.15, -0.1) is 12.4 Å². The Kier molecular flexibility index (Phi) is 3.57. The van der Waals surface area contributed by atoms with E-state index < -0.39 is 11.9 Å². The van der Waals surface area contributed by atoms with Crippen molar-refractivity contribution < 1.29 is 10.0 Å². The minimum absolute atomic E-state index is 0. The molecule has 0 aromatic heterocycles. The quantitative estimate of drug-likeness (QED) is 0.682. The normalized spacial score (nSPS) is 19.5. The molecule has 0 saturated heterocycles. The largest absolute Gasteiger partial charge is 0.320 e. The Labute approximate surface area is 98.0 Å². The van der Waals surface area contributed by atoms with Crippen LogP contribution in [0.5, 0.6) is 0 Å². The highest BCUT2D eigenvalue weighted by atomic mass is 35.5. The molecule has 1 aliphatic heterocycles. The van der Waals surface area contributed by atoms with Crippen molar-refractivity contribution in [3.05, 3.63) is 28.8 Å². The van der Waals surface area contributed by atoms with Crippen LogP contribution in [0.15, 0.2) is 18.2 Å². The molecule has 2 rings (SSSR count). The molecule has 6 heteroatoms. The van der Waals surface area contributed by atoms with E-state index in [0.29, 0.717) is 22.2 Å². The fourth-order valence-corrected chi connectivity index (χ4v) is 1.67. The summed E-state index contributed by atoms with van der Waals surface area (Å²) in [6.07, 6.45) is 0.433. The van der Waals surface area contributed by atoms with E-state index in [2.05, 4.69) is 0 Å². The Hall–Kier alpha value is -0.810. The lowest BCUT2D eigenvalue weighted by atomic mass is 9.99.